The molecule has 0 aliphatic carbocycles. The molecule has 6 heteroatoms. The van der Waals surface area contributed by atoms with Gasteiger partial charge in [0.1, 0.15) is 5.76 Å². The predicted octanol–water partition coefficient (Wildman–Crippen LogP) is 1.22. The smallest absolute Gasteiger partial charge is 0.243 e. The van der Waals surface area contributed by atoms with E-state index in [0.29, 0.717) is 5.57 Å². The van der Waals surface area contributed by atoms with Crippen molar-refractivity contribution in [2.24, 2.45) is 0 Å². The summed E-state index contributed by atoms with van der Waals surface area (Å²) in [6.45, 7) is 6.67. The van der Waals surface area contributed by atoms with Crippen LogP contribution in [0.5, 0.6) is 0 Å². The Balaban J connectivity index is 3.29. The first-order valence-corrected chi connectivity index (χ1v) is 5.85. The van der Waals surface area contributed by atoms with Crippen LogP contribution in [0.3, 0.4) is 0 Å². The molecule has 0 radical (unpaired) electrons. The van der Waals surface area contributed by atoms with Gasteiger partial charge in [-0.1, -0.05) is 13.2 Å². The van der Waals surface area contributed by atoms with Gasteiger partial charge in [0.05, 0.1) is 4.91 Å². The molecule has 88 valence electrons. The van der Waals surface area contributed by atoms with E-state index in [1.165, 1.54) is 19.2 Å². The van der Waals surface area contributed by atoms with Crippen LogP contribution >= 0.6 is 0 Å². The van der Waals surface area contributed by atoms with Gasteiger partial charge in [0, 0.05) is 13.6 Å². The monoisotopic (exact) mass is 243 g/mol. The van der Waals surface area contributed by atoms with Crippen LogP contribution in [0.15, 0.2) is 47.3 Å². The molecule has 0 atom stereocenters. The third-order valence-electron chi connectivity index (χ3n) is 2.19. The van der Waals surface area contributed by atoms with E-state index in [2.05, 4.69) is 13.2 Å². The normalized spacial score (nSPS) is 21.2. The van der Waals surface area contributed by atoms with E-state index in [0.717, 1.165) is 4.31 Å². The maximum absolute atomic E-state index is 11.7. The van der Waals surface area contributed by atoms with Gasteiger partial charge in [-0.2, -0.15) is 4.31 Å². The molecule has 16 heavy (non-hydrogen) atoms. The Bertz CT molecular complexity index is 499. The summed E-state index contributed by atoms with van der Waals surface area (Å²) in [5.41, 5.74) is 0.366. The number of sulfonamides is 1. The molecule has 0 bridgehead atoms. The molecule has 0 fully saturated rings. The topological polar surface area (TPSA) is 77.8 Å². The zero-order valence-corrected chi connectivity index (χ0v) is 9.66. The SMILES string of the molecule is C=CC1=C(/C=C(/O)C(=C)O)CN(C)S1(=O)=O. The van der Waals surface area contributed by atoms with Gasteiger partial charge >= 0.3 is 0 Å². The van der Waals surface area contributed by atoms with Gasteiger partial charge in [-0.05, 0) is 17.7 Å². The zero-order valence-electron chi connectivity index (χ0n) is 8.84. The molecule has 1 heterocycles. The molecule has 1 aliphatic heterocycles. The Labute approximate surface area is 94.4 Å². The highest BCUT2D eigenvalue weighted by atomic mass is 32.2. The number of nitrogens with zero attached hydrogens (tertiary/aromatic N) is 1. The van der Waals surface area contributed by atoms with Crippen LogP contribution in [-0.4, -0.2) is 36.5 Å². The minimum Gasteiger partial charge on any atom is -0.505 e. The number of hydrogen-bond donors (Lipinski definition) is 2. The molecular formula is C10H13NO4S. The highest BCUT2D eigenvalue weighted by molar-refractivity contribution is 7.93. The van der Waals surface area contributed by atoms with Crippen LogP contribution < -0.4 is 0 Å². The number of aliphatic hydroxyl groups is 2. The quantitative estimate of drug-likeness (QED) is 0.577. The summed E-state index contributed by atoms with van der Waals surface area (Å²) in [6.07, 6.45) is 2.37. The molecular weight excluding hydrogens is 230 g/mol. The average Bonchev–Trinajstić information content (AvgIpc) is 2.37. The summed E-state index contributed by atoms with van der Waals surface area (Å²) in [7, 11) is -2.09. The summed E-state index contributed by atoms with van der Waals surface area (Å²) in [5.74, 6) is -0.970. The van der Waals surface area contributed by atoms with Gasteiger partial charge in [-0.25, -0.2) is 8.42 Å². The van der Waals surface area contributed by atoms with E-state index in [9.17, 15) is 13.5 Å². The third kappa shape index (κ3) is 2.02. The fourth-order valence-electron chi connectivity index (χ4n) is 1.34. The van der Waals surface area contributed by atoms with E-state index >= 15 is 0 Å². The van der Waals surface area contributed by atoms with Crippen molar-refractivity contribution in [3.63, 3.8) is 0 Å². The highest BCUT2D eigenvalue weighted by Gasteiger charge is 2.31. The van der Waals surface area contributed by atoms with Crippen LogP contribution in [0.4, 0.5) is 0 Å². The molecule has 5 nitrogen and oxygen atoms in total. The maximum Gasteiger partial charge on any atom is 0.243 e. The number of allylic oxidation sites excluding steroid dienone is 1. The lowest BCUT2D eigenvalue weighted by Gasteiger charge is -2.06. The van der Waals surface area contributed by atoms with Crippen molar-refractivity contribution in [1.82, 2.24) is 4.31 Å². The summed E-state index contributed by atoms with van der Waals surface area (Å²) >= 11 is 0. The molecule has 1 aliphatic rings. The van der Waals surface area contributed by atoms with Gasteiger partial charge < -0.3 is 10.2 Å². The molecule has 0 amide bonds. The lowest BCUT2D eigenvalue weighted by Crippen LogP contribution is -2.21. The summed E-state index contributed by atoms with van der Waals surface area (Å²) < 4.78 is 24.5. The predicted molar refractivity (Wildman–Crippen MR) is 61.3 cm³/mol. The third-order valence-corrected chi connectivity index (χ3v) is 4.12. The van der Waals surface area contributed by atoms with Gasteiger partial charge in [-0.15, -0.1) is 0 Å². The lowest BCUT2D eigenvalue weighted by atomic mass is 10.2. The fraction of sp³-hybridized carbons (Fsp3) is 0.200. The second kappa shape index (κ2) is 4.15. The van der Waals surface area contributed by atoms with Crippen molar-refractivity contribution >= 4 is 10.0 Å². The Morgan fingerprint density at radius 1 is 1.50 bits per heavy atom. The van der Waals surface area contributed by atoms with Crippen LogP contribution in [0.1, 0.15) is 0 Å². The van der Waals surface area contributed by atoms with Crippen LogP contribution in [0.25, 0.3) is 0 Å². The Morgan fingerprint density at radius 3 is 2.50 bits per heavy atom. The summed E-state index contributed by atoms with van der Waals surface area (Å²) in [6, 6.07) is 0. The van der Waals surface area contributed by atoms with Crippen molar-refractivity contribution in [2.75, 3.05) is 13.6 Å². The van der Waals surface area contributed by atoms with Gasteiger partial charge in [0.2, 0.25) is 10.0 Å². The minimum atomic E-state index is -3.51. The van der Waals surface area contributed by atoms with Gasteiger partial charge in [0.15, 0.2) is 5.76 Å². The zero-order chi connectivity index (χ0) is 12.5. The number of rotatable bonds is 3. The largest absolute Gasteiger partial charge is 0.505 e. The van der Waals surface area contributed by atoms with Crippen LogP contribution in [0, 0.1) is 0 Å². The number of likely N-dealkylation sites (N-methyl/N-ethyl adjacent to an activating group) is 1. The number of hydrogen-bond acceptors (Lipinski definition) is 4. The van der Waals surface area contributed by atoms with Crippen molar-refractivity contribution in [3.8, 4) is 0 Å². The van der Waals surface area contributed by atoms with E-state index in [4.69, 9.17) is 5.11 Å². The Hall–Kier alpha value is -1.53. The first kappa shape index (κ1) is 12.5. The van der Waals surface area contributed by atoms with Gasteiger partial charge in [-0.3, -0.25) is 0 Å². The van der Waals surface area contributed by atoms with E-state index < -0.39 is 21.5 Å². The van der Waals surface area contributed by atoms with E-state index in [1.54, 1.807) is 0 Å². The molecule has 0 aromatic rings. The molecule has 0 unspecified atom stereocenters. The van der Waals surface area contributed by atoms with Crippen molar-refractivity contribution < 1.29 is 18.6 Å². The van der Waals surface area contributed by atoms with Crippen LogP contribution in [-0.2, 0) is 10.0 Å². The molecule has 0 aromatic carbocycles. The minimum absolute atomic E-state index is 0.0304. The van der Waals surface area contributed by atoms with E-state index in [-0.39, 0.29) is 11.4 Å². The maximum atomic E-state index is 11.7. The number of aliphatic hydroxyl groups excluding tert-OH is 2. The Kier molecular flexibility index (Phi) is 3.25. The molecule has 0 spiro atoms. The molecule has 1 rings (SSSR count). The molecule has 0 saturated carbocycles. The van der Waals surface area contributed by atoms with Gasteiger partial charge in [0.25, 0.3) is 0 Å². The standard InChI is InChI=1S/C10H13NO4S/c1-4-10-8(5-9(13)7(2)12)6-11(3)16(10,14)15/h4-5,12-13H,1-2,6H2,3H3/b9-5+. The van der Waals surface area contributed by atoms with Crippen LogP contribution in [0.2, 0.25) is 0 Å². The first-order chi connectivity index (χ1) is 7.30. The lowest BCUT2D eigenvalue weighted by molar-refractivity contribution is 0.328. The molecule has 0 saturated heterocycles. The summed E-state index contributed by atoms with van der Waals surface area (Å²) in [4.78, 5) is 0.0304. The van der Waals surface area contributed by atoms with Crippen molar-refractivity contribution in [1.29, 1.82) is 0 Å². The average molecular weight is 243 g/mol. The molecule has 0 aromatic heterocycles. The Morgan fingerprint density at radius 2 is 2.06 bits per heavy atom. The second-order valence-electron chi connectivity index (χ2n) is 3.33. The van der Waals surface area contributed by atoms with Crippen molar-refractivity contribution in [2.45, 2.75) is 0 Å². The fourth-order valence-corrected chi connectivity index (χ4v) is 2.65. The first-order valence-electron chi connectivity index (χ1n) is 4.41. The summed E-state index contributed by atoms with van der Waals surface area (Å²) in [5, 5.41) is 18.2. The van der Waals surface area contributed by atoms with Crippen molar-refractivity contribution in [3.05, 3.63) is 47.3 Å². The molecule has 2 N–H and O–H groups in total. The van der Waals surface area contributed by atoms with E-state index in [1.807, 2.05) is 0 Å². The second-order valence-corrected chi connectivity index (χ2v) is 5.34. The highest BCUT2D eigenvalue weighted by Crippen LogP contribution is 2.27.